The Morgan fingerprint density at radius 3 is 2.04 bits per heavy atom. The van der Waals surface area contributed by atoms with E-state index in [9.17, 15) is 14.0 Å². The van der Waals surface area contributed by atoms with E-state index >= 15 is 0 Å². The van der Waals surface area contributed by atoms with Gasteiger partial charge in [-0.05, 0) is 109 Å². The van der Waals surface area contributed by atoms with Crippen molar-refractivity contribution in [2.45, 2.75) is 148 Å². The van der Waals surface area contributed by atoms with E-state index in [2.05, 4.69) is 22.9 Å². The summed E-state index contributed by atoms with van der Waals surface area (Å²) >= 11 is 3.51. The summed E-state index contributed by atoms with van der Waals surface area (Å²) in [7, 11) is 0. The Morgan fingerprint density at radius 2 is 1.41 bits per heavy atom. The summed E-state index contributed by atoms with van der Waals surface area (Å²) in [6, 6.07) is 13.1. The van der Waals surface area contributed by atoms with Gasteiger partial charge >= 0.3 is 11.9 Å². The van der Waals surface area contributed by atoms with Gasteiger partial charge in [-0.2, -0.15) is 0 Å². The highest BCUT2D eigenvalue weighted by Gasteiger charge is 2.27. The molecule has 2 aromatic rings. The average Bonchev–Trinajstić information content (AvgIpc) is 3.06. The third-order valence-corrected chi connectivity index (χ3v) is 9.70. The molecule has 1 saturated carbocycles. The molecule has 0 heterocycles. The zero-order valence-corrected chi connectivity index (χ0v) is 29.8. The second kappa shape index (κ2) is 22.2. The van der Waals surface area contributed by atoms with Crippen LogP contribution in [0.1, 0.15) is 145 Å². The Kier molecular flexibility index (Phi) is 18.4. The number of rotatable bonds is 22. The van der Waals surface area contributed by atoms with E-state index in [4.69, 9.17) is 14.2 Å². The number of hydrogen-bond donors (Lipinski definition) is 0. The third-order valence-electron chi connectivity index (χ3n) is 9.05. The van der Waals surface area contributed by atoms with Crippen LogP contribution in [0.5, 0.6) is 11.5 Å². The summed E-state index contributed by atoms with van der Waals surface area (Å²) < 4.78 is 31.6. The van der Waals surface area contributed by atoms with E-state index in [1.54, 1.807) is 6.07 Å². The van der Waals surface area contributed by atoms with Crippen molar-refractivity contribution in [1.82, 2.24) is 0 Å². The van der Waals surface area contributed by atoms with Gasteiger partial charge in [0.1, 0.15) is 17.6 Å². The molecular weight excluding hydrogens is 647 g/mol. The predicted octanol–water partition coefficient (Wildman–Crippen LogP) is 11.5. The second-order valence-corrected chi connectivity index (χ2v) is 13.8. The molecule has 0 spiro atoms. The maximum absolute atomic E-state index is 13.9. The molecule has 3 rings (SSSR count). The van der Waals surface area contributed by atoms with Crippen LogP contribution in [0.15, 0.2) is 46.9 Å². The van der Waals surface area contributed by atoms with E-state index in [0.29, 0.717) is 34.7 Å². The number of carbonyl (C=O) groups is 2. The minimum atomic E-state index is -1.49. The van der Waals surface area contributed by atoms with Crippen LogP contribution in [0.4, 0.5) is 4.39 Å². The van der Waals surface area contributed by atoms with Gasteiger partial charge in [0.25, 0.3) is 0 Å². The number of benzene rings is 2. The van der Waals surface area contributed by atoms with Crippen LogP contribution < -0.4 is 9.47 Å². The lowest BCUT2D eigenvalue weighted by molar-refractivity contribution is -0.157. The molecule has 0 aromatic heterocycles. The summed E-state index contributed by atoms with van der Waals surface area (Å²) in [5.74, 6) is 0.713. The first-order valence-corrected chi connectivity index (χ1v) is 18.8. The van der Waals surface area contributed by atoms with Gasteiger partial charge in [0, 0.05) is 4.47 Å². The summed E-state index contributed by atoms with van der Waals surface area (Å²) in [5, 5.41) is 0. The molecule has 1 fully saturated rings. The van der Waals surface area contributed by atoms with Crippen molar-refractivity contribution in [3.8, 4) is 11.5 Å². The summed E-state index contributed by atoms with van der Waals surface area (Å²) in [6.45, 7) is 4.92. The number of halogens is 2. The molecule has 5 nitrogen and oxygen atoms in total. The SMILES string of the molecule is CCCCCCCCCCCCOc1ccc(C(=O)Oc2ccc(CCC3CCC(OC(=O)[C@@H](F)CCCC)CC3)cc2)c(Br)c1. The number of ether oxygens (including phenoxy) is 3. The summed E-state index contributed by atoms with van der Waals surface area (Å²) in [4.78, 5) is 24.8. The molecular formula is C39H56BrFO5. The molecule has 0 radical (unpaired) electrons. The van der Waals surface area contributed by atoms with Crippen LogP contribution in [-0.2, 0) is 16.0 Å². The van der Waals surface area contributed by atoms with Gasteiger partial charge in [-0.3, -0.25) is 0 Å². The molecule has 256 valence electrons. The Bertz CT molecular complexity index is 1150. The van der Waals surface area contributed by atoms with Crippen molar-refractivity contribution in [1.29, 1.82) is 0 Å². The van der Waals surface area contributed by atoms with Crippen molar-refractivity contribution in [3.63, 3.8) is 0 Å². The standard InChI is InChI=1S/C39H56BrFO5/c1-3-5-7-8-9-10-11-12-13-14-28-44-34-26-27-35(36(40)29-34)38(42)45-32-22-18-30(19-23-32)16-17-31-20-24-33(25-21-31)46-39(43)37(41)15-6-4-2/h18-19,22-23,26-27,29,31,33,37H,3-17,20-21,24-25,28H2,1-2H3/t31?,33?,37-/m0/s1. The van der Waals surface area contributed by atoms with E-state index in [0.717, 1.165) is 57.1 Å². The van der Waals surface area contributed by atoms with Gasteiger partial charge in [0.15, 0.2) is 6.17 Å². The number of unbranched alkanes of at least 4 members (excludes halogenated alkanes) is 10. The van der Waals surface area contributed by atoms with E-state index in [1.807, 2.05) is 43.3 Å². The molecule has 0 aliphatic heterocycles. The fraction of sp³-hybridized carbons (Fsp3) is 0.641. The average molecular weight is 704 g/mol. The third kappa shape index (κ3) is 14.6. The number of carbonyl (C=O) groups excluding carboxylic acids is 2. The molecule has 2 aromatic carbocycles. The lowest BCUT2D eigenvalue weighted by atomic mass is 9.83. The first kappa shape index (κ1) is 38.0. The molecule has 1 aliphatic carbocycles. The van der Waals surface area contributed by atoms with E-state index in [-0.39, 0.29) is 12.5 Å². The van der Waals surface area contributed by atoms with Crippen LogP contribution in [-0.4, -0.2) is 30.8 Å². The van der Waals surface area contributed by atoms with Crippen LogP contribution in [0, 0.1) is 5.92 Å². The highest BCUT2D eigenvalue weighted by Crippen LogP contribution is 2.31. The number of aryl methyl sites for hydroxylation is 1. The van der Waals surface area contributed by atoms with Gasteiger partial charge in [-0.1, -0.05) is 96.6 Å². The van der Waals surface area contributed by atoms with Gasteiger partial charge in [-0.25, -0.2) is 14.0 Å². The minimum absolute atomic E-state index is 0.157. The summed E-state index contributed by atoms with van der Waals surface area (Å²) in [6.07, 6.45) is 18.6. The Hall–Kier alpha value is -2.41. The van der Waals surface area contributed by atoms with Crippen molar-refractivity contribution >= 4 is 27.9 Å². The van der Waals surface area contributed by atoms with E-state index < -0.39 is 18.1 Å². The van der Waals surface area contributed by atoms with Gasteiger partial charge in [0.2, 0.25) is 0 Å². The zero-order valence-electron chi connectivity index (χ0n) is 28.2. The molecule has 1 aliphatic rings. The smallest absolute Gasteiger partial charge is 0.344 e. The molecule has 46 heavy (non-hydrogen) atoms. The van der Waals surface area contributed by atoms with Crippen molar-refractivity contribution in [3.05, 3.63) is 58.1 Å². The van der Waals surface area contributed by atoms with Crippen molar-refractivity contribution in [2.24, 2.45) is 5.92 Å². The first-order valence-electron chi connectivity index (χ1n) is 18.0. The normalized spacial score (nSPS) is 17.0. The molecule has 7 heteroatoms. The lowest BCUT2D eigenvalue weighted by Gasteiger charge is -2.28. The molecule has 1 atom stereocenters. The highest BCUT2D eigenvalue weighted by molar-refractivity contribution is 9.10. The van der Waals surface area contributed by atoms with Crippen molar-refractivity contribution in [2.75, 3.05) is 6.61 Å². The highest BCUT2D eigenvalue weighted by atomic mass is 79.9. The van der Waals surface area contributed by atoms with Crippen LogP contribution in [0.3, 0.4) is 0 Å². The Labute approximate surface area is 285 Å². The van der Waals surface area contributed by atoms with Crippen LogP contribution in [0.2, 0.25) is 0 Å². The number of hydrogen-bond acceptors (Lipinski definition) is 5. The van der Waals surface area contributed by atoms with E-state index in [1.165, 1.54) is 63.4 Å². The molecule has 0 bridgehead atoms. The zero-order chi connectivity index (χ0) is 33.0. The Balaban J connectivity index is 1.30. The van der Waals surface area contributed by atoms with Gasteiger partial charge < -0.3 is 14.2 Å². The topological polar surface area (TPSA) is 61.8 Å². The van der Waals surface area contributed by atoms with Gasteiger partial charge in [0.05, 0.1) is 12.2 Å². The largest absolute Gasteiger partial charge is 0.494 e. The fourth-order valence-electron chi connectivity index (χ4n) is 6.07. The number of alkyl halides is 1. The molecule has 0 saturated heterocycles. The number of esters is 2. The lowest BCUT2D eigenvalue weighted by Crippen LogP contribution is -2.29. The fourth-order valence-corrected chi connectivity index (χ4v) is 6.58. The maximum atomic E-state index is 13.9. The van der Waals surface area contributed by atoms with Crippen LogP contribution >= 0.6 is 15.9 Å². The summed E-state index contributed by atoms with van der Waals surface area (Å²) in [5.41, 5.74) is 1.65. The monoisotopic (exact) mass is 702 g/mol. The predicted molar refractivity (Wildman–Crippen MR) is 187 cm³/mol. The maximum Gasteiger partial charge on any atom is 0.344 e. The Morgan fingerprint density at radius 1 is 0.804 bits per heavy atom. The van der Waals surface area contributed by atoms with Crippen LogP contribution in [0.25, 0.3) is 0 Å². The first-order chi connectivity index (χ1) is 22.4. The van der Waals surface area contributed by atoms with Crippen molar-refractivity contribution < 1.29 is 28.2 Å². The van der Waals surface area contributed by atoms with Gasteiger partial charge in [-0.15, -0.1) is 0 Å². The molecule has 0 N–H and O–H groups in total. The molecule has 0 unspecified atom stereocenters. The molecule has 0 amide bonds. The quantitative estimate of drug-likeness (QED) is 0.0694. The second-order valence-electron chi connectivity index (χ2n) is 12.9. The minimum Gasteiger partial charge on any atom is -0.494 e.